The molecule has 0 fully saturated rings. The van der Waals surface area contributed by atoms with Crippen molar-refractivity contribution in [1.29, 1.82) is 5.26 Å². The third-order valence-electron chi connectivity index (χ3n) is 5.50. The van der Waals surface area contributed by atoms with Crippen LogP contribution in [-0.2, 0) is 16.6 Å². The van der Waals surface area contributed by atoms with E-state index in [1.54, 1.807) is 35.0 Å². The fourth-order valence-electron chi connectivity index (χ4n) is 3.75. The van der Waals surface area contributed by atoms with Gasteiger partial charge in [0.05, 0.1) is 32.9 Å². The van der Waals surface area contributed by atoms with Crippen LogP contribution in [0.25, 0.3) is 16.9 Å². The first-order valence-corrected chi connectivity index (χ1v) is 13.6. The van der Waals surface area contributed by atoms with E-state index in [2.05, 4.69) is 31.1 Å². The topological polar surface area (TPSA) is 112 Å². The van der Waals surface area contributed by atoms with E-state index >= 15 is 0 Å². The maximum atomic E-state index is 12.8. The van der Waals surface area contributed by atoms with Gasteiger partial charge in [0.1, 0.15) is 5.82 Å². The summed E-state index contributed by atoms with van der Waals surface area (Å²) >= 11 is 9.91. The minimum atomic E-state index is -3.86. The Balaban J connectivity index is 1.41. The fraction of sp³-hybridized carbons (Fsp3) is 0.0385. The van der Waals surface area contributed by atoms with Gasteiger partial charge in [0.15, 0.2) is 5.65 Å². The van der Waals surface area contributed by atoms with E-state index in [4.69, 9.17) is 21.8 Å². The highest BCUT2D eigenvalue weighted by Gasteiger charge is 2.16. The molecule has 0 bridgehead atoms. The van der Waals surface area contributed by atoms with Crippen molar-refractivity contribution >= 4 is 54.7 Å². The number of hydrogen-bond acceptors (Lipinski definition) is 6. The van der Waals surface area contributed by atoms with E-state index in [0.29, 0.717) is 34.4 Å². The molecule has 0 amide bonds. The summed E-state index contributed by atoms with van der Waals surface area (Å²) in [7, 11) is -3.86. The van der Waals surface area contributed by atoms with E-state index < -0.39 is 10.0 Å². The number of fused-ring (bicyclic) bond motifs is 1. The van der Waals surface area contributed by atoms with Crippen molar-refractivity contribution in [2.24, 2.45) is 0 Å². The molecular formula is C26H18BrClN6O2S. The Kier molecular flexibility index (Phi) is 6.84. The molecule has 0 saturated heterocycles. The number of nitrogens with zero attached hydrogens (tertiary/aromatic N) is 4. The molecule has 0 saturated carbocycles. The molecule has 0 unspecified atom stereocenters. The molecule has 11 heteroatoms. The number of nitriles is 1. The van der Waals surface area contributed by atoms with Crippen LogP contribution in [0.15, 0.2) is 94.4 Å². The Morgan fingerprint density at radius 1 is 1.03 bits per heavy atom. The number of nitrogens with one attached hydrogen (secondary N) is 2. The predicted molar refractivity (Wildman–Crippen MR) is 147 cm³/mol. The van der Waals surface area contributed by atoms with Crippen LogP contribution in [0.3, 0.4) is 0 Å². The number of sulfonamides is 1. The molecule has 37 heavy (non-hydrogen) atoms. The van der Waals surface area contributed by atoms with Gasteiger partial charge in [-0.25, -0.2) is 13.4 Å². The fourth-order valence-corrected chi connectivity index (χ4v) is 5.43. The second kappa shape index (κ2) is 10.2. The van der Waals surface area contributed by atoms with E-state index in [-0.39, 0.29) is 10.5 Å². The quantitative estimate of drug-likeness (QED) is 0.236. The molecule has 2 heterocycles. The molecule has 0 atom stereocenters. The first-order chi connectivity index (χ1) is 17.8. The Labute approximate surface area is 226 Å². The van der Waals surface area contributed by atoms with Crippen LogP contribution in [0.1, 0.15) is 11.1 Å². The highest BCUT2D eigenvalue weighted by molar-refractivity contribution is 9.10. The lowest BCUT2D eigenvalue weighted by molar-refractivity contribution is 0.601. The summed E-state index contributed by atoms with van der Waals surface area (Å²) in [6, 6.07) is 24.2. The Hall–Kier alpha value is -3.91. The molecule has 0 aliphatic carbocycles. The number of aromatic nitrogens is 3. The van der Waals surface area contributed by atoms with Crippen molar-refractivity contribution < 1.29 is 8.42 Å². The van der Waals surface area contributed by atoms with Crippen molar-refractivity contribution in [1.82, 2.24) is 14.6 Å². The van der Waals surface area contributed by atoms with Crippen molar-refractivity contribution in [3.05, 3.63) is 106 Å². The SMILES string of the molecule is N#Cc1cccc(S(=O)(=O)Nc2cccc(CNc3cc(-c4ccccc4Cl)nc4c(Br)cnn34)c2)c1. The average Bonchev–Trinajstić information content (AvgIpc) is 3.28. The molecule has 0 aliphatic rings. The summed E-state index contributed by atoms with van der Waals surface area (Å²) in [5.41, 5.74) is 3.61. The van der Waals surface area contributed by atoms with Crippen molar-refractivity contribution in [2.75, 3.05) is 10.0 Å². The molecule has 2 aromatic heterocycles. The van der Waals surface area contributed by atoms with Crippen LogP contribution in [0.5, 0.6) is 0 Å². The van der Waals surface area contributed by atoms with Crippen molar-refractivity contribution in [3.63, 3.8) is 0 Å². The van der Waals surface area contributed by atoms with E-state index in [1.807, 2.05) is 42.5 Å². The molecule has 8 nitrogen and oxygen atoms in total. The molecule has 5 aromatic rings. The number of hydrogen-bond donors (Lipinski definition) is 2. The van der Waals surface area contributed by atoms with Gasteiger partial charge in [0.2, 0.25) is 0 Å². The zero-order valence-electron chi connectivity index (χ0n) is 19.1. The lowest BCUT2D eigenvalue weighted by atomic mass is 10.1. The van der Waals surface area contributed by atoms with Gasteiger partial charge < -0.3 is 5.32 Å². The van der Waals surface area contributed by atoms with Gasteiger partial charge in [0.25, 0.3) is 10.0 Å². The molecule has 0 aliphatic heterocycles. The molecule has 184 valence electrons. The molecule has 5 rings (SSSR count). The summed E-state index contributed by atoms with van der Waals surface area (Å²) in [5, 5.41) is 17.4. The third-order valence-corrected chi connectivity index (χ3v) is 7.77. The zero-order chi connectivity index (χ0) is 26.0. The molecule has 2 N–H and O–H groups in total. The lowest BCUT2D eigenvalue weighted by Gasteiger charge is -2.13. The smallest absolute Gasteiger partial charge is 0.261 e. The number of benzene rings is 3. The van der Waals surface area contributed by atoms with E-state index in [9.17, 15) is 8.42 Å². The van der Waals surface area contributed by atoms with Crippen LogP contribution in [0.2, 0.25) is 5.02 Å². The average molecular weight is 594 g/mol. The molecule has 3 aromatic carbocycles. The van der Waals surface area contributed by atoms with Crippen LogP contribution in [0.4, 0.5) is 11.5 Å². The summed E-state index contributed by atoms with van der Waals surface area (Å²) in [6.07, 6.45) is 1.67. The predicted octanol–water partition coefficient (Wildman–Crippen LogP) is 6.10. The normalized spacial score (nSPS) is 11.3. The highest BCUT2D eigenvalue weighted by Crippen LogP contribution is 2.30. The van der Waals surface area contributed by atoms with Gasteiger partial charge in [-0.3, -0.25) is 4.72 Å². The van der Waals surface area contributed by atoms with Gasteiger partial charge in [-0.1, -0.05) is 48.0 Å². The maximum absolute atomic E-state index is 12.8. The van der Waals surface area contributed by atoms with E-state index in [0.717, 1.165) is 15.6 Å². The summed E-state index contributed by atoms with van der Waals surface area (Å²) in [4.78, 5) is 4.73. The minimum Gasteiger partial charge on any atom is -0.366 e. The monoisotopic (exact) mass is 592 g/mol. The largest absolute Gasteiger partial charge is 0.366 e. The van der Waals surface area contributed by atoms with Crippen LogP contribution in [-0.4, -0.2) is 23.0 Å². The Morgan fingerprint density at radius 2 is 1.84 bits per heavy atom. The van der Waals surface area contributed by atoms with Gasteiger partial charge >= 0.3 is 0 Å². The Bertz CT molecular complexity index is 1780. The third kappa shape index (κ3) is 5.29. The van der Waals surface area contributed by atoms with Crippen LogP contribution >= 0.6 is 27.5 Å². The van der Waals surface area contributed by atoms with Gasteiger partial charge in [-0.2, -0.15) is 14.9 Å². The standard InChI is InChI=1S/C26H18BrClN6O2S/c27-22-16-31-34-25(13-24(32-26(22)34)21-9-1-2-10-23(21)28)30-15-18-6-3-7-19(11-18)33-37(35,36)20-8-4-5-17(12-20)14-29/h1-13,16,30,33H,15H2. The first kappa shape index (κ1) is 24.8. The minimum absolute atomic E-state index is 0.0191. The summed E-state index contributed by atoms with van der Waals surface area (Å²) in [5.74, 6) is 0.685. The van der Waals surface area contributed by atoms with Crippen molar-refractivity contribution in [2.45, 2.75) is 11.4 Å². The van der Waals surface area contributed by atoms with Crippen LogP contribution in [0, 0.1) is 11.3 Å². The lowest BCUT2D eigenvalue weighted by Crippen LogP contribution is -2.13. The zero-order valence-corrected chi connectivity index (χ0v) is 22.2. The second-order valence-electron chi connectivity index (χ2n) is 8.03. The first-order valence-electron chi connectivity index (χ1n) is 11.0. The second-order valence-corrected chi connectivity index (χ2v) is 11.0. The number of anilines is 2. The van der Waals surface area contributed by atoms with Gasteiger partial charge in [-0.15, -0.1) is 0 Å². The Morgan fingerprint density at radius 3 is 2.65 bits per heavy atom. The van der Waals surface area contributed by atoms with Crippen LogP contribution < -0.4 is 10.0 Å². The van der Waals surface area contributed by atoms with Crippen molar-refractivity contribution in [3.8, 4) is 17.3 Å². The summed E-state index contributed by atoms with van der Waals surface area (Å²) in [6.45, 7) is 0.387. The van der Waals surface area contributed by atoms with Gasteiger partial charge in [-0.05, 0) is 57.9 Å². The number of halogens is 2. The number of rotatable bonds is 7. The highest BCUT2D eigenvalue weighted by atomic mass is 79.9. The van der Waals surface area contributed by atoms with Gasteiger partial charge in [0, 0.05) is 28.9 Å². The maximum Gasteiger partial charge on any atom is 0.261 e. The molecular weight excluding hydrogens is 576 g/mol. The molecule has 0 radical (unpaired) electrons. The summed E-state index contributed by atoms with van der Waals surface area (Å²) < 4.78 is 30.7. The molecule has 0 spiro atoms. The van der Waals surface area contributed by atoms with E-state index in [1.165, 1.54) is 18.2 Å².